The van der Waals surface area contributed by atoms with Gasteiger partial charge in [-0.25, -0.2) is 4.98 Å². The van der Waals surface area contributed by atoms with E-state index in [-0.39, 0.29) is 5.91 Å². The van der Waals surface area contributed by atoms with Crippen LogP contribution in [0.1, 0.15) is 21.9 Å². The first-order valence-corrected chi connectivity index (χ1v) is 11.2. The van der Waals surface area contributed by atoms with Gasteiger partial charge >= 0.3 is 0 Å². The molecular formula is C22H21N5O4S. The molecule has 9 nitrogen and oxygen atoms in total. The highest BCUT2D eigenvalue weighted by Gasteiger charge is 2.23. The van der Waals surface area contributed by atoms with Crippen LogP contribution in [0.25, 0.3) is 17.3 Å². The van der Waals surface area contributed by atoms with Crippen molar-refractivity contribution in [2.24, 2.45) is 0 Å². The number of ether oxygens (including phenoxy) is 1. The van der Waals surface area contributed by atoms with Crippen LogP contribution in [0.4, 0.5) is 0 Å². The van der Waals surface area contributed by atoms with E-state index >= 15 is 0 Å². The minimum Gasteiger partial charge on any atom is -0.461 e. The van der Waals surface area contributed by atoms with Gasteiger partial charge in [-0.15, -0.1) is 10.2 Å². The number of aryl methyl sites for hydroxylation is 1. The van der Waals surface area contributed by atoms with Crippen molar-refractivity contribution in [2.45, 2.75) is 17.8 Å². The Morgan fingerprint density at radius 2 is 2.00 bits per heavy atom. The molecule has 164 valence electrons. The van der Waals surface area contributed by atoms with Crippen molar-refractivity contribution in [3.8, 4) is 17.3 Å². The first-order valence-electron chi connectivity index (χ1n) is 10.2. The molecule has 5 rings (SSSR count). The van der Waals surface area contributed by atoms with Crippen molar-refractivity contribution in [3.05, 3.63) is 66.1 Å². The summed E-state index contributed by atoms with van der Waals surface area (Å²) >= 11 is 1.43. The Kier molecular flexibility index (Phi) is 5.78. The van der Waals surface area contributed by atoms with E-state index in [0.29, 0.717) is 60.4 Å². The van der Waals surface area contributed by atoms with E-state index in [1.807, 2.05) is 41.8 Å². The van der Waals surface area contributed by atoms with Gasteiger partial charge in [0, 0.05) is 13.1 Å². The second-order valence-corrected chi connectivity index (χ2v) is 8.22. The lowest BCUT2D eigenvalue weighted by Crippen LogP contribution is -2.40. The molecule has 1 fully saturated rings. The molecule has 1 amide bonds. The summed E-state index contributed by atoms with van der Waals surface area (Å²) in [6.07, 6.45) is 3.02. The fourth-order valence-electron chi connectivity index (χ4n) is 3.46. The molecule has 4 aromatic rings. The van der Waals surface area contributed by atoms with Crippen LogP contribution in [0, 0.1) is 6.92 Å². The molecule has 0 atom stereocenters. The third kappa shape index (κ3) is 4.19. The number of hydrogen-bond donors (Lipinski definition) is 0. The molecule has 0 spiro atoms. The fraction of sp³-hybridized carbons (Fsp3) is 0.273. The van der Waals surface area contributed by atoms with Gasteiger partial charge in [-0.05, 0) is 36.8 Å². The van der Waals surface area contributed by atoms with Gasteiger partial charge in [-0.1, -0.05) is 23.9 Å². The van der Waals surface area contributed by atoms with Crippen LogP contribution in [-0.4, -0.2) is 56.9 Å². The van der Waals surface area contributed by atoms with Gasteiger partial charge in [0.05, 0.1) is 30.9 Å². The van der Waals surface area contributed by atoms with Crippen LogP contribution in [-0.2, 0) is 10.5 Å². The molecule has 0 bridgehead atoms. The first-order chi connectivity index (χ1) is 15.7. The monoisotopic (exact) mass is 451 g/mol. The van der Waals surface area contributed by atoms with Gasteiger partial charge in [-0.3, -0.25) is 9.36 Å². The largest absolute Gasteiger partial charge is 0.461 e. The van der Waals surface area contributed by atoms with Crippen molar-refractivity contribution in [1.29, 1.82) is 0 Å². The summed E-state index contributed by atoms with van der Waals surface area (Å²) in [6.45, 7) is 4.24. The molecule has 32 heavy (non-hydrogen) atoms. The summed E-state index contributed by atoms with van der Waals surface area (Å²) in [5, 5.41) is 9.38. The Labute approximate surface area is 188 Å². The van der Waals surface area contributed by atoms with Gasteiger partial charge in [0.2, 0.25) is 11.7 Å². The Morgan fingerprint density at radius 3 is 2.78 bits per heavy atom. The molecule has 3 aromatic heterocycles. The third-order valence-corrected chi connectivity index (χ3v) is 5.94. The third-order valence-electron chi connectivity index (χ3n) is 5.03. The van der Waals surface area contributed by atoms with E-state index in [0.717, 1.165) is 11.3 Å². The predicted octanol–water partition coefficient (Wildman–Crippen LogP) is 3.59. The van der Waals surface area contributed by atoms with Crippen molar-refractivity contribution < 1.29 is 18.4 Å². The summed E-state index contributed by atoms with van der Waals surface area (Å²) in [4.78, 5) is 18.7. The number of aromatic nitrogens is 4. The average molecular weight is 452 g/mol. The van der Waals surface area contributed by atoms with Crippen LogP contribution >= 0.6 is 11.8 Å². The molecule has 0 aliphatic carbocycles. The van der Waals surface area contributed by atoms with E-state index in [1.165, 1.54) is 18.0 Å². The number of carbonyl (C=O) groups excluding carboxylic acids is 1. The van der Waals surface area contributed by atoms with E-state index in [9.17, 15) is 4.79 Å². The first kappa shape index (κ1) is 20.5. The zero-order valence-electron chi connectivity index (χ0n) is 17.4. The van der Waals surface area contributed by atoms with Crippen molar-refractivity contribution in [1.82, 2.24) is 24.6 Å². The second kappa shape index (κ2) is 9.01. The minimum atomic E-state index is -0.142. The molecule has 0 N–H and O–H groups in total. The Hall–Kier alpha value is -3.37. The predicted molar refractivity (Wildman–Crippen MR) is 117 cm³/mol. The van der Waals surface area contributed by atoms with Crippen molar-refractivity contribution in [2.75, 3.05) is 26.3 Å². The number of thioether (sulfide) groups is 1. The van der Waals surface area contributed by atoms with Gasteiger partial charge < -0.3 is 18.5 Å². The quantitative estimate of drug-likeness (QED) is 0.410. The highest BCUT2D eigenvalue weighted by atomic mass is 32.2. The van der Waals surface area contributed by atoms with Gasteiger partial charge in [0.25, 0.3) is 5.91 Å². The van der Waals surface area contributed by atoms with Crippen LogP contribution in [0.2, 0.25) is 0 Å². The summed E-state index contributed by atoms with van der Waals surface area (Å²) in [6, 6.07) is 11.7. The molecule has 1 aliphatic heterocycles. The van der Waals surface area contributed by atoms with Gasteiger partial charge in [0.15, 0.2) is 16.6 Å². The summed E-state index contributed by atoms with van der Waals surface area (Å²) in [5.74, 6) is 1.94. The molecule has 0 radical (unpaired) electrons. The number of furan rings is 1. The Bertz CT molecular complexity index is 1210. The number of amides is 1. The Morgan fingerprint density at radius 1 is 1.12 bits per heavy atom. The number of morpholine rings is 1. The molecule has 0 unspecified atom stereocenters. The lowest BCUT2D eigenvalue weighted by molar-refractivity contribution is 0.0299. The van der Waals surface area contributed by atoms with Crippen molar-refractivity contribution >= 4 is 17.7 Å². The molecular weight excluding hydrogens is 430 g/mol. The van der Waals surface area contributed by atoms with Crippen LogP contribution in [0.15, 0.2) is 62.9 Å². The molecule has 1 aromatic carbocycles. The summed E-state index contributed by atoms with van der Waals surface area (Å²) < 4.78 is 18.4. The number of rotatable bonds is 6. The number of benzene rings is 1. The zero-order valence-corrected chi connectivity index (χ0v) is 18.2. The topological polar surface area (TPSA) is 99.4 Å². The molecule has 0 saturated carbocycles. The van der Waals surface area contributed by atoms with E-state index in [2.05, 4.69) is 21.2 Å². The highest BCUT2D eigenvalue weighted by Crippen LogP contribution is 2.30. The van der Waals surface area contributed by atoms with E-state index in [4.69, 9.17) is 13.6 Å². The lowest BCUT2D eigenvalue weighted by atomic mass is 10.2. The normalized spacial score (nSPS) is 14.1. The summed E-state index contributed by atoms with van der Waals surface area (Å²) in [5.41, 5.74) is 2.36. The molecule has 1 saturated heterocycles. The minimum absolute atomic E-state index is 0.142. The molecule has 4 heterocycles. The number of nitrogens with zero attached hydrogens (tertiary/aromatic N) is 5. The SMILES string of the molecule is Cc1cccc(-n2c(SCc3nc(C(=O)N4CCOCC4)co3)nnc2-c2ccco2)c1. The molecule has 1 aliphatic rings. The number of hydrogen-bond acceptors (Lipinski definition) is 8. The second-order valence-electron chi connectivity index (χ2n) is 7.28. The zero-order chi connectivity index (χ0) is 21.9. The maximum Gasteiger partial charge on any atom is 0.275 e. The van der Waals surface area contributed by atoms with E-state index < -0.39 is 0 Å². The maximum absolute atomic E-state index is 12.6. The molecule has 10 heteroatoms. The van der Waals surface area contributed by atoms with E-state index in [1.54, 1.807) is 11.2 Å². The average Bonchev–Trinajstić information content (AvgIpc) is 3.58. The van der Waals surface area contributed by atoms with Crippen molar-refractivity contribution in [3.63, 3.8) is 0 Å². The van der Waals surface area contributed by atoms with Crippen LogP contribution < -0.4 is 0 Å². The standard InChI is InChI=1S/C22H21N5O4S/c1-15-4-2-5-16(12-15)27-20(18-6-3-9-30-18)24-25-22(27)32-14-19-23-17(13-31-19)21(28)26-7-10-29-11-8-26/h2-6,9,12-13H,7-8,10-11,14H2,1H3. The van der Waals surface area contributed by atoms with Gasteiger partial charge in [-0.2, -0.15) is 0 Å². The Balaban J connectivity index is 1.37. The summed E-state index contributed by atoms with van der Waals surface area (Å²) in [7, 11) is 0. The smallest absolute Gasteiger partial charge is 0.275 e. The lowest BCUT2D eigenvalue weighted by Gasteiger charge is -2.25. The highest BCUT2D eigenvalue weighted by molar-refractivity contribution is 7.98. The van der Waals surface area contributed by atoms with Crippen LogP contribution in [0.3, 0.4) is 0 Å². The van der Waals surface area contributed by atoms with Gasteiger partial charge in [0.1, 0.15) is 6.26 Å². The number of carbonyl (C=O) groups is 1. The number of oxazole rings is 1. The maximum atomic E-state index is 12.6. The fourth-order valence-corrected chi connectivity index (χ4v) is 4.26. The van der Waals surface area contributed by atoms with Crippen LogP contribution in [0.5, 0.6) is 0 Å².